The number of nitrogens with zero attached hydrogens (tertiary/aromatic N) is 4. The largest absolute Gasteiger partial charge is 0.493 e. The number of aromatic nitrogens is 1. The summed E-state index contributed by atoms with van der Waals surface area (Å²) in [7, 11) is 0. The number of aromatic hydroxyl groups is 1. The van der Waals surface area contributed by atoms with Crippen LogP contribution in [0.5, 0.6) is 17.4 Å². The van der Waals surface area contributed by atoms with Crippen LogP contribution in [-0.2, 0) is 11.3 Å². The van der Waals surface area contributed by atoms with Gasteiger partial charge in [-0.25, -0.2) is 4.99 Å². The number of aliphatic imine (C=N–C) groups is 2. The smallest absolute Gasteiger partial charge is 0.258 e. The lowest BCUT2D eigenvalue weighted by atomic mass is 10.2. The molecule has 2 aliphatic rings. The molecule has 0 amide bonds. The molecule has 1 aromatic heterocycles. The Labute approximate surface area is 198 Å². The zero-order chi connectivity index (χ0) is 22.9. The molecular weight excluding hydrogens is 460 g/mol. The second-order valence-electron chi connectivity index (χ2n) is 7.24. The summed E-state index contributed by atoms with van der Waals surface area (Å²) < 4.78 is 18.5. The van der Waals surface area contributed by atoms with Crippen molar-refractivity contribution in [3.63, 3.8) is 0 Å². The SMILES string of the molecule is Cc1ccc(N=C2O/C(=C\c3sc(=S)n(Cc4ccc5c(c4)OCO5)c3O)N=C2C#N)cc1. The molecule has 10 heteroatoms. The third kappa shape index (κ3) is 4.24. The molecule has 2 aliphatic heterocycles. The average Bonchev–Trinajstić information content (AvgIpc) is 3.49. The van der Waals surface area contributed by atoms with Crippen molar-refractivity contribution in [3.05, 3.63) is 68.3 Å². The molecule has 0 atom stereocenters. The lowest BCUT2D eigenvalue weighted by molar-refractivity contribution is 0.174. The summed E-state index contributed by atoms with van der Waals surface area (Å²) in [5.41, 5.74) is 2.71. The summed E-state index contributed by atoms with van der Waals surface area (Å²) in [6.45, 7) is 2.53. The highest BCUT2D eigenvalue weighted by atomic mass is 32.1. The summed E-state index contributed by atoms with van der Waals surface area (Å²) in [4.78, 5) is 9.02. The van der Waals surface area contributed by atoms with Gasteiger partial charge in [0, 0.05) is 6.08 Å². The fourth-order valence-electron chi connectivity index (χ4n) is 3.26. The molecular formula is C23H16N4O4S2. The Morgan fingerprint density at radius 2 is 2.03 bits per heavy atom. The van der Waals surface area contributed by atoms with Gasteiger partial charge in [0.05, 0.1) is 17.1 Å². The summed E-state index contributed by atoms with van der Waals surface area (Å²) in [5, 5.41) is 20.2. The second-order valence-corrected chi connectivity index (χ2v) is 8.91. The summed E-state index contributed by atoms with van der Waals surface area (Å²) >= 11 is 6.66. The number of nitriles is 1. The molecule has 5 rings (SSSR count). The second kappa shape index (κ2) is 8.54. The Morgan fingerprint density at radius 3 is 2.82 bits per heavy atom. The monoisotopic (exact) mass is 476 g/mol. The highest BCUT2D eigenvalue weighted by molar-refractivity contribution is 7.73. The van der Waals surface area contributed by atoms with E-state index in [4.69, 9.17) is 26.4 Å². The van der Waals surface area contributed by atoms with Crippen LogP contribution in [0.15, 0.2) is 58.3 Å². The first-order chi connectivity index (χ1) is 16.0. The third-order valence-electron chi connectivity index (χ3n) is 4.92. The Hall–Kier alpha value is -3.94. The highest BCUT2D eigenvalue weighted by Crippen LogP contribution is 2.35. The molecule has 0 unspecified atom stereocenters. The van der Waals surface area contributed by atoms with Crippen LogP contribution in [-0.4, -0.2) is 28.1 Å². The van der Waals surface area contributed by atoms with Gasteiger partial charge in [-0.3, -0.25) is 4.57 Å². The summed E-state index contributed by atoms with van der Waals surface area (Å²) in [5.74, 6) is 1.59. The molecule has 8 nitrogen and oxygen atoms in total. The van der Waals surface area contributed by atoms with Gasteiger partial charge < -0.3 is 19.3 Å². The van der Waals surface area contributed by atoms with Gasteiger partial charge in [-0.2, -0.15) is 10.3 Å². The van der Waals surface area contributed by atoms with Gasteiger partial charge in [0.2, 0.25) is 24.3 Å². The molecule has 1 N–H and O–H groups in total. The first kappa shape index (κ1) is 20.9. The third-order valence-corrected chi connectivity index (χ3v) is 6.31. The quantitative estimate of drug-likeness (QED) is 0.526. The van der Waals surface area contributed by atoms with E-state index in [1.165, 1.54) is 11.3 Å². The number of fused-ring (bicyclic) bond motifs is 1. The van der Waals surface area contributed by atoms with Crippen molar-refractivity contribution in [2.45, 2.75) is 13.5 Å². The Kier molecular flexibility index (Phi) is 5.42. The van der Waals surface area contributed by atoms with Crippen molar-refractivity contribution >= 4 is 46.9 Å². The van der Waals surface area contributed by atoms with Crippen LogP contribution < -0.4 is 9.47 Å². The van der Waals surface area contributed by atoms with E-state index in [1.54, 1.807) is 10.6 Å². The van der Waals surface area contributed by atoms with Gasteiger partial charge in [0.25, 0.3) is 5.90 Å². The number of benzene rings is 2. The van der Waals surface area contributed by atoms with E-state index in [1.807, 2.05) is 55.5 Å². The molecule has 0 bridgehead atoms. The van der Waals surface area contributed by atoms with Crippen LogP contribution in [0.2, 0.25) is 0 Å². The number of thiazole rings is 1. The van der Waals surface area contributed by atoms with Crippen LogP contribution in [0.25, 0.3) is 6.08 Å². The van der Waals surface area contributed by atoms with Crippen LogP contribution >= 0.6 is 23.6 Å². The first-order valence-corrected chi connectivity index (χ1v) is 11.1. The van der Waals surface area contributed by atoms with Crippen molar-refractivity contribution in [3.8, 4) is 23.4 Å². The maximum atomic E-state index is 10.8. The Morgan fingerprint density at radius 1 is 1.24 bits per heavy atom. The number of ether oxygens (including phenoxy) is 3. The first-order valence-electron chi connectivity index (χ1n) is 9.85. The van der Waals surface area contributed by atoms with Crippen LogP contribution in [0, 0.1) is 22.2 Å². The van der Waals surface area contributed by atoms with Crippen molar-refractivity contribution in [1.82, 2.24) is 4.57 Å². The van der Waals surface area contributed by atoms with Gasteiger partial charge in [0.15, 0.2) is 15.5 Å². The molecule has 0 saturated carbocycles. The van der Waals surface area contributed by atoms with E-state index in [9.17, 15) is 10.4 Å². The molecule has 0 fully saturated rings. The standard InChI is InChI=1S/C23H16N4O4S2/c1-13-2-5-15(6-3-13)25-21-16(10-24)26-20(31-21)9-19-22(28)27(23(32)33-19)11-14-4-7-17-18(8-14)30-12-29-17/h2-9,28H,11-12H2,1H3/b20-9-,25-21?. The highest BCUT2D eigenvalue weighted by Gasteiger charge is 2.23. The van der Waals surface area contributed by atoms with Crippen LogP contribution in [0.3, 0.4) is 0 Å². The molecule has 0 radical (unpaired) electrons. The zero-order valence-corrected chi connectivity index (χ0v) is 18.9. The van der Waals surface area contributed by atoms with Gasteiger partial charge in [-0.15, -0.1) is 11.3 Å². The van der Waals surface area contributed by atoms with Crippen molar-refractivity contribution < 1.29 is 19.3 Å². The zero-order valence-electron chi connectivity index (χ0n) is 17.3. The van der Waals surface area contributed by atoms with E-state index >= 15 is 0 Å². The summed E-state index contributed by atoms with van der Waals surface area (Å²) in [6, 6.07) is 15.1. The van der Waals surface area contributed by atoms with Gasteiger partial charge >= 0.3 is 0 Å². The van der Waals surface area contributed by atoms with E-state index in [0.717, 1.165) is 11.1 Å². The van der Waals surface area contributed by atoms with Crippen molar-refractivity contribution in [1.29, 1.82) is 5.26 Å². The molecule has 0 saturated heterocycles. The van der Waals surface area contributed by atoms with Crippen molar-refractivity contribution in [2.75, 3.05) is 6.79 Å². The Bertz CT molecular complexity index is 1440. The minimum atomic E-state index is -0.0172. The van der Waals surface area contributed by atoms with Crippen molar-refractivity contribution in [2.24, 2.45) is 9.98 Å². The molecule has 3 aromatic rings. The number of hydrogen-bond acceptors (Lipinski definition) is 9. The van der Waals surface area contributed by atoms with Gasteiger partial charge in [0.1, 0.15) is 6.07 Å². The molecule has 2 aromatic carbocycles. The molecule has 3 heterocycles. The predicted molar refractivity (Wildman–Crippen MR) is 127 cm³/mol. The number of rotatable bonds is 4. The van der Waals surface area contributed by atoms with E-state index in [-0.39, 0.29) is 30.2 Å². The maximum absolute atomic E-state index is 10.8. The summed E-state index contributed by atoms with van der Waals surface area (Å²) in [6.07, 6.45) is 1.54. The predicted octanol–water partition coefficient (Wildman–Crippen LogP) is 5.09. The molecule has 164 valence electrons. The van der Waals surface area contributed by atoms with E-state index in [2.05, 4.69) is 9.98 Å². The lowest BCUT2D eigenvalue weighted by Gasteiger charge is -2.06. The minimum Gasteiger partial charge on any atom is -0.493 e. The Balaban J connectivity index is 1.41. The fraction of sp³-hybridized carbons (Fsp3) is 0.130. The molecule has 0 aliphatic carbocycles. The average molecular weight is 477 g/mol. The maximum Gasteiger partial charge on any atom is 0.258 e. The lowest BCUT2D eigenvalue weighted by Crippen LogP contribution is -2.07. The van der Waals surface area contributed by atoms with Gasteiger partial charge in [-0.05, 0) is 49.0 Å². The number of hydrogen-bond donors (Lipinski definition) is 1. The minimum absolute atomic E-state index is 0.0172. The van der Waals surface area contributed by atoms with E-state index in [0.29, 0.717) is 32.6 Å². The van der Waals surface area contributed by atoms with E-state index < -0.39 is 0 Å². The normalized spacial score (nSPS) is 16.7. The van der Waals surface area contributed by atoms with Gasteiger partial charge in [-0.1, -0.05) is 23.8 Å². The molecule has 0 spiro atoms. The number of aryl methyl sites for hydroxylation is 1. The molecule has 33 heavy (non-hydrogen) atoms. The fourth-order valence-corrected chi connectivity index (χ4v) is 4.49. The topological polar surface area (TPSA) is 101 Å². The van der Waals surface area contributed by atoms with Crippen LogP contribution in [0.4, 0.5) is 5.69 Å². The van der Waals surface area contributed by atoms with Crippen LogP contribution in [0.1, 0.15) is 16.0 Å².